The molecule has 92 valence electrons. The summed E-state index contributed by atoms with van der Waals surface area (Å²) in [7, 11) is 0. The molecule has 3 nitrogen and oxygen atoms in total. The summed E-state index contributed by atoms with van der Waals surface area (Å²) in [4.78, 5) is 0. The van der Waals surface area contributed by atoms with E-state index in [1.807, 2.05) is 0 Å². The fourth-order valence-corrected chi connectivity index (χ4v) is 1.58. The van der Waals surface area contributed by atoms with Crippen molar-refractivity contribution in [3.63, 3.8) is 0 Å². The van der Waals surface area contributed by atoms with E-state index in [1.54, 1.807) is 0 Å². The quantitative estimate of drug-likeness (QED) is 0.513. The highest BCUT2D eigenvalue weighted by molar-refractivity contribution is 4.72. The third kappa shape index (κ3) is 8.85. The summed E-state index contributed by atoms with van der Waals surface area (Å²) >= 11 is 0. The van der Waals surface area contributed by atoms with Gasteiger partial charge < -0.3 is 15.5 Å². The Morgan fingerprint density at radius 3 is 2.47 bits per heavy atom. The Morgan fingerprint density at radius 2 is 1.93 bits per heavy atom. The van der Waals surface area contributed by atoms with Crippen LogP contribution in [0.15, 0.2) is 0 Å². The van der Waals surface area contributed by atoms with Crippen LogP contribution in [0.5, 0.6) is 0 Å². The number of nitrogens with one attached hydrogen (secondary N) is 1. The van der Waals surface area contributed by atoms with E-state index in [1.165, 1.54) is 25.7 Å². The summed E-state index contributed by atoms with van der Waals surface area (Å²) in [5.74, 6) is 0. The van der Waals surface area contributed by atoms with Gasteiger partial charge >= 0.3 is 0 Å². The number of rotatable bonds is 9. The zero-order valence-electron chi connectivity index (χ0n) is 10.4. The van der Waals surface area contributed by atoms with E-state index >= 15 is 0 Å². The van der Waals surface area contributed by atoms with Gasteiger partial charge in [-0.25, -0.2) is 0 Å². The molecule has 0 aromatic heterocycles. The van der Waals surface area contributed by atoms with Crippen molar-refractivity contribution in [2.45, 2.75) is 52.6 Å². The third-order valence-electron chi connectivity index (χ3n) is 2.65. The maximum absolute atomic E-state index is 9.16. The van der Waals surface area contributed by atoms with Crippen LogP contribution >= 0.6 is 0 Å². The Kier molecular flexibility index (Phi) is 8.02. The van der Waals surface area contributed by atoms with Crippen molar-refractivity contribution in [3.05, 3.63) is 0 Å². The Morgan fingerprint density at radius 1 is 1.27 bits per heavy atom. The van der Waals surface area contributed by atoms with E-state index in [4.69, 9.17) is 10.2 Å². The first-order valence-corrected chi connectivity index (χ1v) is 6.01. The Bertz CT molecular complexity index is 149. The summed E-state index contributed by atoms with van der Waals surface area (Å²) in [6, 6.07) is 0. The highest BCUT2D eigenvalue weighted by Gasteiger charge is 2.16. The topological polar surface area (TPSA) is 52.5 Å². The van der Waals surface area contributed by atoms with E-state index in [-0.39, 0.29) is 12.0 Å². The van der Waals surface area contributed by atoms with Gasteiger partial charge in [0.1, 0.15) is 0 Å². The fourth-order valence-electron chi connectivity index (χ4n) is 1.58. The molecule has 0 aromatic carbocycles. The lowest BCUT2D eigenvalue weighted by Crippen LogP contribution is -2.36. The molecule has 0 fully saturated rings. The Labute approximate surface area is 93.9 Å². The van der Waals surface area contributed by atoms with Gasteiger partial charge in [0.25, 0.3) is 0 Å². The molecule has 1 atom stereocenters. The molecule has 0 aliphatic heterocycles. The summed E-state index contributed by atoms with van der Waals surface area (Å²) in [5, 5.41) is 21.0. The molecule has 0 aliphatic carbocycles. The molecular weight excluding hydrogens is 190 g/mol. The first-order valence-electron chi connectivity index (χ1n) is 6.01. The fraction of sp³-hybridized carbons (Fsp3) is 1.00. The van der Waals surface area contributed by atoms with E-state index < -0.39 is 6.10 Å². The predicted molar refractivity (Wildman–Crippen MR) is 63.9 cm³/mol. The van der Waals surface area contributed by atoms with E-state index in [0.29, 0.717) is 6.54 Å². The average molecular weight is 217 g/mol. The van der Waals surface area contributed by atoms with Crippen LogP contribution < -0.4 is 5.32 Å². The van der Waals surface area contributed by atoms with E-state index in [0.717, 1.165) is 6.54 Å². The minimum Gasteiger partial charge on any atom is -0.394 e. The molecule has 0 amide bonds. The molecule has 0 saturated heterocycles. The number of hydrogen-bond acceptors (Lipinski definition) is 3. The van der Waals surface area contributed by atoms with Gasteiger partial charge in [-0.15, -0.1) is 0 Å². The SMILES string of the molecule is CCCCCC(C)(C)CNCC(O)CO. The molecule has 0 bridgehead atoms. The molecule has 3 N–H and O–H groups in total. The minimum atomic E-state index is -0.628. The highest BCUT2D eigenvalue weighted by atomic mass is 16.3. The van der Waals surface area contributed by atoms with Gasteiger partial charge in [0.05, 0.1) is 12.7 Å². The van der Waals surface area contributed by atoms with Crippen molar-refractivity contribution in [1.82, 2.24) is 5.32 Å². The highest BCUT2D eigenvalue weighted by Crippen LogP contribution is 2.22. The minimum absolute atomic E-state index is 0.163. The van der Waals surface area contributed by atoms with Crippen LogP contribution in [0.1, 0.15) is 46.5 Å². The van der Waals surface area contributed by atoms with Crippen LogP contribution in [0.3, 0.4) is 0 Å². The van der Waals surface area contributed by atoms with Crippen LogP contribution in [0, 0.1) is 5.41 Å². The van der Waals surface area contributed by atoms with Gasteiger partial charge in [0.2, 0.25) is 0 Å². The third-order valence-corrected chi connectivity index (χ3v) is 2.65. The second-order valence-corrected chi connectivity index (χ2v) is 5.09. The Balaban J connectivity index is 3.54. The number of aliphatic hydroxyl groups excluding tert-OH is 2. The molecule has 1 unspecified atom stereocenters. The molecule has 0 rings (SSSR count). The van der Waals surface area contributed by atoms with E-state index in [9.17, 15) is 0 Å². The Hall–Kier alpha value is -0.120. The maximum Gasteiger partial charge on any atom is 0.0894 e. The van der Waals surface area contributed by atoms with Gasteiger partial charge in [-0.05, 0) is 11.8 Å². The van der Waals surface area contributed by atoms with Gasteiger partial charge in [0, 0.05) is 13.1 Å². The predicted octanol–water partition coefficient (Wildman–Crippen LogP) is 1.54. The smallest absolute Gasteiger partial charge is 0.0894 e. The van der Waals surface area contributed by atoms with Gasteiger partial charge in [-0.1, -0.05) is 40.0 Å². The summed E-state index contributed by atoms with van der Waals surface area (Å²) < 4.78 is 0. The second-order valence-electron chi connectivity index (χ2n) is 5.09. The molecule has 0 aromatic rings. The van der Waals surface area contributed by atoms with Crippen molar-refractivity contribution in [2.75, 3.05) is 19.7 Å². The van der Waals surface area contributed by atoms with Crippen molar-refractivity contribution in [3.8, 4) is 0 Å². The van der Waals surface area contributed by atoms with Crippen molar-refractivity contribution in [1.29, 1.82) is 0 Å². The van der Waals surface area contributed by atoms with Crippen LogP contribution in [0.2, 0.25) is 0 Å². The van der Waals surface area contributed by atoms with Crippen LogP contribution in [-0.4, -0.2) is 36.0 Å². The molecule has 0 spiro atoms. The lowest BCUT2D eigenvalue weighted by atomic mass is 9.87. The van der Waals surface area contributed by atoms with Gasteiger partial charge in [-0.2, -0.15) is 0 Å². The number of aliphatic hydroxyl groups is 2. The van der Waals surface area contributed by atoms with Gasteiger partial charge in [0.15, 0.2) is 0 Å². The maximum atomic E-state index is 9.16. The molecule has 0 aliphatic rings. The van der Waals surface area contributed by atoms with Gasteiger partial charge in [-0.3, -0.25) is 0 Å². The first-order chi connectivity index (χ1) is 7.02. The first kappa shape index (κ1) is 14.9. The molecule has 0 radical (unpaired) electrons. The lowest BCUT2D eigenvalue weighted by Gasteiger charge is -2.25. The van der Waals surface area contributed by atoms with Crippen LogP contribution in [0.25, 0.3) is 0 Å². The van der Waals surface area contributed by atoms with Crippen molar-refractivity contribution >= 4 is 0 Å². The number of unbranched alkanes of at least 4 members (excludes halogenated alkanes) is 2. The molecule has 3 heteroatoms. The van der Waals surface area contributed by atoms with E-state index in [2.05, 4.69) is 26.1 Å². The molecular formula is C12H27NO2. The van der Waals surface area contributed by atoms with Crippen LogP contribution in [0.4, 0.5) is 0 Å². The lowest BCUT2D eigenvalue weighted by molar-refractivity contribution is 0.0916. The molecule has 15 heavy (non-hydrogen) atoms. The normalized spacial score (nSPS) is 14.2. The van der Waals surface area contributed by atoms with Crippen LogP contribution in [-0.2, 0) is 0 Å². The van der Waals surface area contributed by atoms with Crippen molar-refractivity contribution < 1.29 is 10.2 Å². The monoisotopic (exact) mass is 217 g/mol. The molecule has 0 saturated carbocycles. The average Bonchev–Trinajstić information content (AvgIpc) is 2.17. The summed E-state index contributed by atoms with van der Waals surface area (Å²) in [5.41, 5.74) is 0.282. The zero-order chi connectivity index (χ0) is 11.7. The zero-order valence-corrected chi connectivity index (χ0v) is 10.4. The summed E-state index contributed by atoms with van der Waals surface area (Å²) in [6.07, 6.45) is 4.41. The van der Waals surface area contributed by atoms with Crippen molar-refractivity contribution in [2.24, 2.45) is 5.41 Å². The standard InChI is InChI=1S/C12H27NO2/c1-4-5-6-7-12(2,3)10-13-8-11(15)9-14/h11,13-15H,4-10H2,1-3H3. The summed E-state index contributed by atoms with van der Waals surface area (Å²) in [6.45, 7) is 7.90. The number of hydrogen-bond donors (Lipinski definition) is 3. The molecule has 0 heterocycles. The largest absolute Gasteiger partial charge is 0.394 e. The second kappa shape index (κ2) is 8.08.